The van der Waals surface area contributed by atoms with Gasteiger partial charge in [0.25, 0.3) is 0 Å². The molecular formula is C22H25N5O2S2. The van der Waals surface area contributed by atoms with Gasteiger partial charge in [-0.1, -0.05) is 24.6 Å². The summed E-state index contributed by atoms with van der Waals surface area (Å²) in [5.74, 6) is 1.59. The average molecular weight is 456 g/mol. The lowest BCUT2D eigenvalue weighted by molar-refractivity contribution is -0.113. The summed E-state index contributed by atoms with van der Waals surface area (Å²) in [6.45, 7) is 4.60. The van der Waals surface area contributed by atoms with Crippen LogP contribution < -0.4 is 5.32 Å². The van der Waals surface area contributed by atoms with Gasteiger partial charge in [-0.2, -0.15) is 5.26 Å². The number of nitrogens with one attached hydrogen (secondary N) is 1. The Morgan fingerprint density at radius 1 is 1.32 bits per heavy atom. The van der Waals surface area contributed by atoms with Crippen molar-refractivity contribution in [2.45, 2.75) is 64.1 Å². The molecule has 0 radical (unpaired) electrons. The smallest absolute Gasteiger partial charge is 0.235 e. The van der Waals surface area contributed by atoms with Crippen molar-refractivity contribution in [1.29, 1.82) is 5.26 Å². The molecule has 3 aromatic rings. The molecule has 1 N–H and O–H groups in total. The van der Waals surface area contributed by atoms with E-state index >= 15 is 0 Å². The number of nitrogens with zero attached hydrogens (tertiary/aromatic N) is 4. The van der Waals surface area contributed by atoms with E-state index in [0.29, 0.717) is 22.3 Å². The zero-order valence-electron chi connectivity index (χ0n) is 17.7. The van der Waals surface area contributed by atoms with Crippen LogP contribution in [0.3, 0.4) is 0 Å². The fraction of sp³-hybridized carbons (Fsp3) is 0.455. The molecule has 0 fully saturated rings. The Bertz CT molecular complexity index is 1120. The van der Waals surface area contributed by atoms with E-state index in [2.05, 4.69) is 21.6 Å². The van der Waals surface area contributed by atoms with Gasteiger partial charge >= 0.3 is 0 Å². The second-order valence-corrected chi connectivity index (χ2v) is 9.56. The van der Waals surface area contributed by atoms with Gasteiger partial charge in [-0.3, -0.25) is 4.79 Å². The van der Waals surface area contributed by atoms with Gasteiger partial charge in [0.05, 0.1) is 23.1 Å². The molecule has 0 aliphatic heterocycles. The first kappa shape index (κ1) is 21.7. The summed E-state index contributed by atoms with van der Waals surface area (Å²) < 4.78 is 7.37. The van der Waals surface area contributed by atoms with E-state index in [1.807, 2.05) is 24.5 Å². The predicted molar refractivity (Wildman–Crippen MR) is 122 cm³/mol. The highest BCUT2D eigenvalue weighted by Crippen LogP contribution is 2.36. The molecular weight excluding hydrogens is 430 g/mol. The highest BCUT2D eigenvalue weighted by Gasteiger charge is 2.21. The number of thiophene rings is 1. The number of carbonyl (C=O) groups excluding carboxylic acids is 1. The molecule has 9 heteroatoms. The summed E-state index contributed by atoms with van der Waals surface area (Å²) >= 11 is 2.91. The molecule has 0 aromatic carbocycles. The Kier molecular flexibility index (Phi) is 6.78. The number of hydrogen-bond donors (Lipinski definition) is 1. The van der Waals surface area contributed by atoms with Gasteiger partial charge in [-0.05, 0) is 51.2 Å². The van der Waals surface area contributed by atoms with E-state index < -0.39 is 0 Å². The van der Waals surface area contributed by atoms with Gasteiger partial charge in [-0.15, -0.1) is 21.5 Å². The fourth-order valence-corrected chi connectivity index (χ4v) is 5.97. The number of rotatable bonds is 6. The van der Waals surface area contributed by atoms with Crippen molar-refractivity contribution in [2.24, 2.45) is 0 Å². The van der Waals surface area contributed by atoms with Crippen LogP contribution in [0.25, 0.3) is 11.4 Å². The number of aryl methyl sites for hydroxylation is 2. The minimum atomic E-state index is -0.137. The molecule has 3 aromatic heterocycles. The number of anilines is 1. The summed E-state index contributed by atoms with van der Waals surface area (Å²) in [4.78, 5) is 13.9. The second kappa shape index (κ2) is 9.71. The van der Waals surface area contributed by atoms with Crippen LogP contribution in [0.15, 0.2) is 21.9 Å². The first-order valence-electron chi connectivity index (χ1n) is 10.6. The lowest BCUT2D eigenvalue weighted by Crippen LogP contribution is -2.14. The molecule has 7 nitrogen and oxygen atoms in total. The number of nitriles is 1. The third kappa shape index (κ3) is 4.55. The Morgan fingerprint density at radius 3 is 2.84 bits per heavy atom. The van der Waals surface area contributed by atoms with Crippen LogP contribution in [0.5, 0.6) is 0 Å². The fourth-order valence-electron chi connectivity index (χ4n) is 3.92. The van der Waals surface area contributed by atoms with Crippen molar-refractivity contribution < 1.29 is 9.21 Å². The maximum atomic E-state index is 12.7. The molecule has 0 bridgehead atoms. The van der Waals surface area contributed by atoms with E-state index in [4.69, 9.17) is 4.42 Å². The molecule has 0 saturated heterocycles. The van der Waals surface area contributed by atoms with Gasteiger partial charge in [0.2, 0.25) is 5.91 Å². The van der Waals surface area contributed by atoms with Crippen molar-refractivity contribution in [1.82, 2.24) is 14.8 Å². The maximum Gasteiger partial charge on any atom is 0.235 e. The number of fused-ring (bicyclic) bond motifs is 1. The Labute approximate surface area is 189 Å². The van der Waals surface area contributed by atoms with E-state index in [-0.39, 0.29) is 11.7 Å². The SMILES string of the molecule is CCn1c(SCC(=O)Nc2sc3c(c2C#N)CCCCCC3)nnc1-c1ccoc1C. The predicted octanol–water partition coefficient (Wildman–Crippen LogP) is 5.19. The lowest BCUT2D eigenvalue weighted by atomic mass is 9.97. The van der Waals surface area contributed by atoms with Crippen molar-refractivity contribution in [3.05, 3.63) is 34.1 Å². The molecule has 1 aliphatic rings. The lowest BCUT2D eigenvalue weighted by Gasteiger charge is -2.08. The van der Waals surface area contributed by atoms with E-state index in [1.54, 1.807) is 17.6 Å². The molecule has 4 rings (SSSR count). The molecule has 162 valence electrons. The van der Waals surface area contributed by atoms with Gasteiger partial charge in [-0.25, -0.2) is 0 Å². The van der Waals surface area contributed by atoms with Crippen LogP contribution in [0.1, 0.15) is 54.4 Å². The molecule has 1 amide bonds. The van der Waals surface area contributed by atoms with Crippen molar-refractivity contribution in [3.8, 4) is 17.5 Å². The maximum absolute atomic E-state index is 12.7. The average Bonchev–Trinajstić information content (AvgIpc) is 3.43. The van der Waals surface area contributed by atoms with Crippen LogP contribution in [0.4, 0.5) is 5.00 Å². The Morgan fingerprint density at radius 2 is 2.13 bits per heavy atom. The number of furan rings is 1. The van der Waals surface area contributed by atoms with Crippen LogP contribution in [-0.2, 0) is 24.2 Å². The van der Waals surface area contributed by atoms with E-state index in [0.717, 1.165) is 48.4 Å². The topological polar surface area (TPSA) is 96.7 Å². The van der Waals surface area contributed by atoms with Gasteiger partial charge in [0.15, 0.2) is 11.0 Å². The van der Waals surface area contributed by atoms with E-state index in [1.165, 1.54) is 29.5 Å². The van der Waals surface area contributed by atoms with Gasteiger partial charge in [0.1, 0.15) is 16.8 Å². The summed E-state index contributed by atoms with van der Waals surface area (Å²) in [6.07, 6.45) is 8.24. The molecule has 3 heterocycles. The molecule has 0 saturated carbocycles. The van der Waals surface area contributed by atoms with Crippen LogP contribution in [0.2, 0.25) is 0 Å². The molecule has 31 heavy (non-hydrogen) atoms. The summed E-state index contributed by atoms with van der Waals surface area (Å²) in [6, 6.07) is 4.20. The van der Waals surface area contributed by atoms with Gasteiger partial charge in [0, 0.05) is 11.4 Å². The highest BCUT2D eigenvalue weighted by molar-refractivity contribution is 7.99. The van der Waals surface area contributed by atoms with Crippen LogP contribution in [-0.4, -0.2) is 26.4 Å². The first-order chi connectivity index (χ1) is 15.1. The number of aromatic nitrogens is 3. The minimum absolute atomic E-state index is 0.137. The number of thioether (sulfide) groups is 1. The Hall–Kier alpha value is -2.57. The second-order valence-electron chi connectivity index (χ2n) is 7.51. The summed E-state index contributed by atoms with van der Waals surface area (Å²) in [7, 11) is 0. The van der Waals surface area contributed by atoms with E-state index in [9.17, 15) is 10.1 Å². The quantitative estimate of drug-likeness (QED) is 0.514. The highest BCUT2D eigenvalue weighted by atomic mass is 32.2. The molecule has 1 aliphatic carbocycles. The normalized spacial score (nSPS) is 13.8. The third-order valence-electron chi connectivity index (χ3n) is 5.50. The summed E-state index contributed by atoms with van der Waals surface area (Å²) in [5, 5.41) is 22.6. The van der Waals surface area contributed by atoms with Crippen molar-refractivity contribution in [2.75, 3.05) is 11.1 Å². The zero-order valence-corrected chi connectivity index (χ0v) is 19.4. The number of hydrogen-bond acceptors (Lipinski definition) is 7. The largest absolute Gasteiger partial charge is 0.469 e. The van der Waals surface area contributed by atoms with Crippen molar-refractivity contribution >= 4 is 34.0 Å². The number of amides is 1. The summed E-state index contributed by atoms with van der Waals surface area (Å²) in [5.41, 5.74) is 2.69. The number of carbonyl (C=O) groups is 1. The molecule has 0 spiro atoms. The van der Waals surface area contributed by atoms with Crippen molar-refractivity contribution in [3.63, 3.8) is 0 Å². The third-order valence-corrected chi connectivity index (χ3v) is 7.68. The minimum Gasteiger partial charge on any atom is -0.469 e. The zero-order chi connectivity index (χ0) is 21.8. The standard InChI is InChI=1S/C22H25N5O2S2/c1-3-27-20(15-10-11-29-14(15)2)25-26-22(27)30-13-19(28)24-21-17(12-23)16-8-6-4-5-7-9-18(16)31-21/h10-11H,3-9,13H2,1-2H3,(H,24,28). The molecule has 0 atom stereocenters. The first-order valence-corrected chi connectivity index (χ1v) is 12.4. The monoisotopic (exact) mass is 455 g/mol. The molecule has 0 unspecified atom stereocenters. The van der Waals surface area contributed by atoms with Crippen LogP contribution >= 0.6 is 23.1 Å². The van der Waals surface area contributed by atoms with Crippen LogP contribution in [0, 0.1) is 18.3 Å². The Balaban J connectivity index is 1.46. The van der Waals surface area contributed by atoms with Gasteiger partial charge < -0.3 is 14.3 Å².